The molecule has 1 amide bonds. The number of aryl methyl sites for hydroxylation is 2. The van der Waals surface area contributed by atoms with Crippen LogP contribution in [-0.4, -0.2) is 24.0 Å². The van der Waals surface area contributed by atoms with Crippen LogP contribution in [-0.2, 0) is 11.2 Å². The standard InChI is InChI=1S/C19H27N3O/c1-6-7-10-22-11-8-9-15-16(22)12-14(2)18(20-15)21-17(23)13-19(3,4)5/h12H,8-11,13H2,1-5H3,(H,20,21,23). The predicted molar refractivity (Wildman–Crippen MR) is 95.7 cm³/mol. The van der Waals surface area contributed by atoms with Gasteiger partial charge in [-0.3, -0.25) is 4.79 Å². The summed E-state index contributed by atoms with van der Waals surface area (Å²) in [6, 6.07) is 2.13. The van der Waals surface area contributed by atoms with E-state index in [1.165, 1.54) is 0 Å². The van der Waals surface area contributed by atoms with E-state index in [2.05, 4.69) is 48.9 Å². The van der Waals surface area contributed by atoms with Crippen molar-refractivity contribution in [2.24, 2.45) is 5.41 Å². The number of hydrogen-bond donors (Lipinski definition) is 1. The van der Waals surface area contributed by atoms with Crippen molar-refractivity contribution in [1.29, 1.82) is 0 Å². The lowest BCUT2D eigenvalue weighted by atomic mass is 9.92. The topological polar surface area (TPSA) is 45.2 Å². The van der Waals surface area contributed by atoms with Crippen LogP contribution in [0.2, 0.25) is 0 Å². The maximum Gasteiger partial charge on any atom is 0.226 e. The van der Waals surface area contributed by atoms with E-state index in [0.717, 1.165) is 42.9 Å². The molecule has 124 valence electrons. The molecule has 0 fully saturated rings. The van der Waals surface area contributed by atoms with Crippen molar-refractivity contribution in [3.05, 3.63) is 17.3 Å². The number of hydrogen-bond acceptors (Lipinski definition) is 3. The molecule has 23 heavy (non-hydrogen) atoms. The predicted octanol–water partition coefficient (Wildman–Crippen LogP) is 3.54. The summed E-state index contributed by atoms with van der Waals surface area (Å²) in [5.74, 6) is 6.80. The highest BCUT2D eigenvalue weighted by atomic mass is 16.1. The first-order chi connectivity index (χ1) is 10.8. The number of carbonyl (C=O) groups excluding carboxylic acids is 1. The Kier molecular flexibility index (Phi) is 5.30. The Hall–Kier alpha value is -2.02. The van der Waals surface area contributed by atoms with Crippen molar-refractivity contribution in [3.63, 3.8) is 0 Å². The molecule has 4 nitrogen and oxygen atoms in total. The molecule has 1 aliphatic rings. The van der Waals surface area contributed by atoms with Gasteiger partial charge in [0.05, 0.1) is 17.9 Å². The number of rotatable bonds is 3. The third-order valence-corrected chi connectivity index (χ3v) is 3.85. The van der Waals surface area contributed by atoms with Crippen molar-refractivity contribution in [1.82, 2.24) is 4.98 Å². The molecule has 1 aliphatic heterocycles. The van der Waals surface area contributed by atoms with Gasteiger partial charge in [0.2, 0.25) is 5.91 Å². The SMILES string of the molecule is CC#CCN1CCCc2nc(NC(=O)CC(C)(C)C)c(C)cc21. The van der Waals surface area contributed by atoms with E-state index in [1.54, 1.807) is 0 Å². The van der Waals surface area contributed by atoms with Crippen LogP contribution >= 0.6 is 0 Å². The number of pyridine rings is 1. The molecule has 1 aromatic rings. The van der Waals surface area contributed by atoms with Gasteiger partial charge in [0.1, 0.15) is 5.82 Å². The number of carbonyl (C=O) groups is 1. The van der Waals surface area contributed by atoms with Crippen molar-refractivity contribution in [2.75, 3.05) is 23.3 Å². The quantitative estimate of drug-likeness (QED) is 0.868. The molecule has 0 saturated carbocycles. The molecule has 0 aromatic carbocycles. The summed E-state index contributed by atoms with van der Waals surface area (Å²) in [4.78, 5) is 19.2. The van der Waals surface area contributed by atoms with Gasteiger partial charge in [-0.25, -0.2) is 4.98 Å². The summed E-state index contributed by atoms with van der Waals surface area (Å²) in [6.07, 6.45) is 2.51. The molecular weight excluding hydrogens is 286 g/mol. The lowest BCUT2D eigenvalue weighted by Gasteiger charge is -2.30. The number of anilines is 2. The number of amides is 1. The Labute approximate surface area is 139 Å². The molecule has 0 unspecified atom stereocenters. The van der Waals surface area contributed by atoms with E-state index in [9.17, 15) is 4.79 Å². The van der Waals surface area contributed by atoms with E-state index < -0.39 is 0 Å². The lowest BCUT2D eigenvalue weighted by Crippen LogP contribution is -2.31. The fourth-order valence-electron chi connectivity index (χ4n) is 2.78. The van der Waals surface area contributed by atoms with Gasteiger partial charge in [-0.15, -0.1) is 5.92 Å². The van der Waals surface area contributed by atoms with Crippen LogP contribution < -0.4 is 10.2 Å². The first kappa shape index (κ1) is 17.3. The molecule has 0 radical (unpaired) electrons. The second-order valence-electron chi connectivity index (χ2n) is 7.36. The summed E-state index contributed by atoms with van der Waals surface area (Å²) in [7, 11) is 0. The molecule has 0 aliphatic carbocycles. The normalized spacial score (nSPS) is 13.9. The first-order valence-corrected chi connectivity index (χ1v) is 8.25. The average Bonchev–Trinajstić information content (AvgIpc) is 2.44. The molecular formula is C19H27N3O. The number of nitrogens with zero attached hydrogens (tertiary/aromatic N) is 2. The first-order valence-electron chi connectivity index (χ1n) is 8.25. The molecule has 1 N–H and O–H groups in total. The summed E-state index contributed by atoms with van der Waals surface area (Å²) < 4.78 is 0. The van der Waals surface area contributed by atoms with Crippen LogP contribution in [0.5, 0.6) is 0 Å². The Balaban J connectivity index is 2.21. The monoisotopic (exact) mass is 313 g/mol. The molecule has 0 saturated heterocycles. The van der Waals surface area contributed by atoms with Gasteiger partial charge in [0.15, 0.2) is 0 Å². The Morgan fingerprint density at radius 1 is 1.43 bits per heavy atom. The van der Waals surface area contributed by atoms with Gasteiger partial charge in [0, 0.05) is 13.0 Å². The maximum absolute atomic E-state index is 12.2. The highest BCUT2D eigenvalue weighted by molar-refractivity contribution is 5.91. The molecule has 2 rings (SSSR count). The zero-order valence-corrected chi connectivity index (χ0v) is 14.9. The highest BCUT2D eigenvalue weighted by Crippen LogP contribution is 2.29. The zero-order valence-electron chi connectivity index (χ0n) is 14.9. The minimum atomic E-state index is -0.0260. The highest BCUT2D eigenvalue weighted by Gasteiger charge is 2.21. The van der Waals surface area contributed by atoms with Gasteiger partial charge < -0.3 is 10.2 Å². The second-order valence-corrected chi connectivity index (χ2v) is 7.36. The van der Waals surface area contributed by atoms with Gasteiger partial charge in [0.25, 0.3) is 0 Å². The minimum Gasteiger partial charge on any atom is -0.359 e. The largest absolute Gasteiger partial charge is 0.359 e. The minimum absolute atomic E-state index is 0.0255. The fraction of sp³-hybridized carbons (Fsp3) is 0.579. The number of nitrogens with one attached hydrogen (secondary N) is 1. The average molecular weight is 313 g/mol. The second kappa shape index (κ2) is 7.04. The Bertz CT molecular complexity index is 647. The van der Waals surface area contributed by atoms with Gasteiger partial charge in [-0.1, -0.05) is 26.7 Å². The summed E-state index contributed by atoms with van der Waals surface area (Å²) in [5, 5.41) is 2.98. The van der Waals surface area contributed by atoms with Crippen LogP contribution in [0.3, 0.4) is 0 Å². The van der Waals surface area contributed by atoms with Crippen LogP contribution in [0.1, 0.15) is 51.8 Å². The third kappa shape index (κ3) is 4.72. The summed E-state index contributed by atoms with van der Waals surface area (Å²) in [5.41, 5.74) is 3.19. The lowest BCUT2D eigenvalue weighted by molar-refractivity contribution is -0.117. The molecule has 0 bridgehead atoms. The van der Waals surface area contributed by atoms with E-state index >= 15 is 0 Å². The summed E-state index contributed by atoms with van der Waals surface area (Å²) in [6.45, 7) is 11.8. The van der Waals surface area contributed by atoms with Crippen molar-refractivity contribution in [3.8, 4) is 11.8 Å². The van der Waals surface area contributed by atoms with Crippen LogP contribution in [0.25, 0.3) is 0 Å². The van der Waals surface area contributed by atoms with Crippen LogP contribution in [0, 0.1) is 24.2 Å². The van der Waals surface area contributed by atoms with Crippen LogP contribution in [0.15, 0.2) is 6.07 Å². The maximum atomic E-state index is 12.2. The van der Waals surface area contributed by atoms with Crippen molar-refractivity contribution in [2.45, 2.75) is 53.9 Å². The molecule has 4 heteroatoms. The van der Waals surface area contributed by atoms with Crippen molar-refractivity contribution < 1.29 is 4.79 Å². The van der Waals surface area contributed by atoms with E-state index in [1.807, 2.05) is 13.8 Å². The van der Waals surface area contributed by atoms with Gasteiger partial charge >= 0.3 is 0 Å². The molecule has 0 spiro atoms. The van der Waals surface area contributed by atoms with Crippen LogP contribution in [0.4, 0.5) is 11.5 Å². The van der Waals surface area contributed by atoms with E-state index in [0.29, 0.717) is 12.2 Å². The van der Waals surface area contributed by atoms with E-state index in [-0.39, 0.29) is 11.3 Å². The Morgan fingerprint density at radius 2 is 2.17 bits per heavy atom. The summed E-state index contributed by atoms with van der Waals surface area (Å²) >= 11 is 0. The number of aromatic nitrogens is 1. The third-order valence-electron chi connectivity index (χ3n) is 3.85. The molecule has 0 atom stereocenters. The smallest absolute Gasteiger partial charge is 0.226 e. The zero-order chi connectivity index (χ0) is 17.0. The van der Waals surface area contributed by atoms with Crippen molar-refractivity contribution >= 4 is 17.4 Å². The van der Waals surface area contributed by atoms with Gasteiger partial charge in [-0.05, 0) is 43.7 Å². The fourth-order valence-corrected chi connectivity index (χ4v) is 2.78. The van der Waals surface area contributed by atoms with E-state index in [4.69, 9.17) is 4.98 Å². The number of fused-ring (bicyclic) bond motifs is 1. The molecule has 2 heterocycles. The Morgan fingerprint density at radius 3 is 2.83 bits per heavy atom. The molecule has 1 aromatic heterocycles. The van der Waals surface area contributed by atoms with Gasteiger partial charge in [-0.2, -0.15) is 0 Å².